The van der Waals surface area contributed by atoms with Crippen molar-refractivity contribution in [3.8, 4) is 0 Å². The van der Waals surface area contributed by atoms with E-state index in [1.54, 1.807) is 13.8 Å². The number of amides is 1. The second-order valence-electron chi connectivity index (χ2n) is 7.55. The lowest BCUT2D eigenvalue weighted by molar-refractivity contribution is -0.146. The van der Waals surface area contributed by atoms with Gasteiger partial charge in [0.05, 0.1) is 7.11 Å². The molecule has 2 rings (SSSR count). The number of ether oxygens (including phenoxy) is 1. The molecule has 1 unspecified atom stereocenters. The summed E-state index contributed by atoms with van der Waals surface area (Å²) in [5.41, 5.74) is 0.326. The van der Waals surface area contributed by atoms with E-state index in [1.165, 1.54) is 11.4 Å². The Morgan fingerprint density at radius 1 is 1.29 bits per heavy atom. The van der Waals surface area contributed by atoms with Gasteiger partial charge >= 0.3 is 5.97 Å². The Morgan fingerprint density at radius 2 is 1.89 bits per heavy atom. The van der Waals surface area contributed by atoms with E-state index in [0.29, 0.717) is 25.0 Å². The van der Waals surface area contributed by atoms with Crippen molar-refractivity contribution in [3.63, 3.8) is 0 Å². The fraction of sp³-hybridized carbons (Fsp3) is 0.722. The molecular formula is C18H29N3O6S. The van der Waals surface area contributed by atoms with Gasteiger partial charge in [-0.15, -0.1) is 0 Å². The lowest BCUT2D eigenvalue weighted by Crippen LogP contribution is -2.48. The van der Waals surface area contributed by atoms with Gasteiger partial charge in [-0.2, -0.15) is 4.31 Å². The highest BCUT2D eigenvalue weighted by Crippen LogP contribution is 2.27. The maximum absolute atomic E-state index is 12.9. The summed E-state index contributed by atoms with van der Waals surface area (Å²) in [6.45, 7) is 7.51. The van der Waals surface area contributed by atoms with Crippen LogP contribution in [0.25, 0.3) is 0 Å². The average molecular weight is 416 g/mol. The lowest BCUT2D eigenvalue weighted by atomic mass is 9.96. The quantitative estimate of drug-likeness (QED) is 0.669. The summed E-state index contributed by atoms with van der Waals surface area (Å²) in [5, 5.41) is 6.47. The largest absolute Gasteiger partial charge is 0.467 e. The van der Waals surface area contributed by atoms with Gasteiger partial charge in [0.15, 0.2) is 5.76 Å². The van der Waals surface area contributed by atoms with Crippen LogP contribution in [0.1, 0.15) is 44.6 Å². The summed E-state index contributed by atoms with van der Waals surface area (Å²) in [7, 11) is -2.42. The van der Waals surface area contributed by atoms with Gasteiger partial charge in [-0.25, -0.2) is 13.2 Å². The second-order valence-corrected chi connectivity index (χ2v) is 9.42. The number of aryl methyl sites for hydroxylation is 2. The van der Waals surface area contributed by atoms with Crippen LogP contribution in [0.4, 0.5) is 0 Å². The highest BCUT2D eigenvalue weighted by Gasteiger charge is 2.36. The molecule has 28 heavy (non-hydrogen) atoms. The van der Waals surface area contributed by atoms with Gasteiger partial charge in [-0.1, -0.05) is 19.0 Å². The number of methoxy groups -OCH3 is 1. The molecule has 158 valence electrons. The fourth-order valence-electron chi connectivity index (χ4n) is 3.45. The Hall–Kier alpha value is -1.94. The molecule has 0 spiro atoms. The highest BCUT2D eigenvalue weighted by molar-refractivity contribution is 7.89. The summed E-state index contributed by atoms with van der Waals surface area (Å²) in [6.07, 6.45) is 1.24. The molecule has 1 amide bonds. The number of aromatic nitrogens is 1. The predicted octanol–water partition coefficient (Wildman–Crippen LogP) is 1.40. The molecular weight excluding hydrogens is 386 g/mol. The summed E-state index contributed by atoms with van der Waals surface area (Å²) in [4.78, 5) is 24.6. The van der Waals surface area contributed by atoms with Crippen molar-refractivity contribution in [2.75, 3.05) is 20.2 Å². The van der Waals surface area contributed by atoms with Crippen molar-refractivity contribution < 1.29 is 27.3 Å². The minimum absolute atomic E-state index is 0.0955. The van der Waals surface area contributed by atoms with E-state index in [-0.39, 0.29) is 41.5 Å². The van der Waals surface area contributed by atoms with E-state index >= 15 is 0 Å². The Morgan fingerprint density at radius 3 is 2.36 bits per heavy atom. The van der Waals surface area contributed by atoms with E-state index in [9.17, 15) is 18.0 Å². The normalized spacial score (nSPS) is 17.5. The molecule has 0 aromatic carbocycles. The van der Waals surface area contributed by atoms with Gasteiger partial charge < -0.3 is 14.6 Å². The van der Waals surface area contributed by atoms with Crippen molar-refractivity contribution in [1.29, 1.82) is 0 Å². The van der Waals surface area contributed by atoms with Crippen LogP contribution in [0.3, 0.4) is 0 Å². The first-order valence-corrected chi connectivity index (χ1v) is 10.8. The molecule has 1 aromatic rings. The maximum Gasteiger partial charge on any atom is 0.328 e. The molecule has 0 aliphatic carbocycles. The average Bonchev–Trinajstić information content (AvgIpc) is 2.99. The SMILES string of the molecule is COC(=O)C(CC(C)C)NC(=O)C1CCN(S(=O)(=O)c2c(C)noc2C)CC1. The molecule has 9 nitrogen and oxygen atoms in total. The first kappa shape index (κ1) is 22.4. The number of hydrogen-bond donors (Lipinski definition) is 1. The Kier molecular flexibility index (Phi) is 7.22. The molecule has 1 aliphatic heterocycles. The van der Waals surface area contributed by atoms with Crippen molar-refractivity contribution in [1.82, 2.24) is 14.8 Å². The van der Waals surface area contributed by atoms with Gasteiger partial charge in [0.25, 0.3) is 0 Å². The number of nitrogens with zero attached hydrogens (tertiary/aromatic N) is 2. The number of carbonyl (C=O) groups is 2. The van der Waals surface area contributed by atoms with Crippen LogP contribution >= 0.6 is 0 Å². The first-order valence-electron chi connectivity index (χ1n) is 9.39. The predicted molar refractivity (Wildman–Crippen MR) is 101 cm³/mol. The van der Waals surface area contributed by atoms with E-state index in [4.69, 9.17) is 9.26 Å². The van der Waals surface area contributed by atoms with E-state index in [0.717, 1.165) is 0 Å². The van der Waals surface area contributed by atoms with Crippen molar-refractivity contribution in [2.24, 2.45) is 11.8 Å². The topological polar surface area (TPSA) is 119 Å². The van der Waals surface area contributed by atoms with Crippen LogP contribution in [0.2, 0.25) is 0 Å². The number of sulfonamides is 1. The van der Waals surface area contributed by atoms with Gasteiger partial charge in [0, 0.05) is 19.0 Å². The second kappa shape index (κ2) is 9.04. The summed E-state index contributed by atoms with van der Waals surface area (Å²) >= 11 is 0. The minimum atomic E-state index is -3.71. The molecule has 1 fully saturated rings. The van der Waals surface area contributed by atoms with Crippen molar-refractivity contribution >= 4 is 21.9 Å². The zero-order valence-electron chi connectivity index (χ0n) is 17.0. The van der Waals surface area contributed by atoms with Gasteiger partial charge in [-0.05, 0) is 39.0 Å². The molecule has 0 saturated carbocycles. The zero-order chi connectivity index (χ0) is 21.1. The Bertz CT molecular complexity index is 790. The third-order valence-corrected chi connectivity index (χ3v) is 7.04. The molecule has 0 radical (unpaired) electrons. The van der Waals surface area contributed by atoms with Crippen LogP contribution in [-0.4, -0.2) is 56.0 Å². The van der Waals surface area contributed by atoms with Crippen molar-refractivity contribution in [3.05, 3.63) is 11.5 Å². The van der Waals surface area contributed by atoms with Crippen LogP contribution in [-0.2, 0) is 24.3 Å². The summed E-state index contributed by atoms with van der Waals surface area (Å²) in [5.74, 6) is -0.597. The number of carbonyl (C=O) groups excluding carboxylic acids is 2. The number of esters is 1. The van der Waals surface area contributed by atoms with Crippen LogP contribution < -0.4 is 5.32 Å². The Labute approximate surface area is 165 Å². The van der Waals surface area contributed by atoms with Crippen LogP contribution in [0.5, 0.6) is 0 Å². The minimum Gasteiger partial charge on any atom is -0.467 e. The molecule has 1 aromatic heterocycles. The Balaban J connectivity index is 2.01. The lowest BCUT2D eigenvalue weighted by Gasteiger charge is -2.31. The monoisotopic (exact) mass is 415 g/mol. The van der Waals surface area contributed by atoms with E-state index in [2.05, 4.69) is 10.5 Å². The number of rotatable bonds is 7. The van der Waals surface area contributed by atoms with E-state index in [1.807, 2.05) is 13.8 Å². The maximum atomic E-state index is 12.9. The molecule has 1 N–H and O–H groups in total. The van der Waals surface area contributed by atoms with Gasteiger partial charge in [-0.3, -0.25) is 4.79 Å². The molecule has 0 bridgehead atoms. The fourth-order valence-corrected chi connectivity index (χ4v) is 5.21. The van der Waals surface area contributed by atoms with Crippen molar-refractivity contribution in [2.45, 2.75) is 57.9 Å². The number of nitrogens with one attached hydrogen (secondary N) is 1. The van der Waals surface area contributed by atoms with Gasteiger partial charge in [0.1, 0.15) is 16.6 Å². The number of piperidine rings is 1. The molecule has 2 heterocycles. The highest BCUT2D eigenvalue weighted by atomic mass is 32.2. The summed E-state index contributed by atoms with van der Waals surface area (Å²) < 4.78 is 36.8. The summed E-state index contributed by atoms with van der Waals surface area (Å²) in [6, 6.07) is -0.693. The first-order chi connectivity index (χ1) is 13.1. The van der Waals surface area contributed by atoms with E-state index < -0.39 is 22.0 Å². The molecule has 10 heteroatoms. The third-order valence-electron chi connectivity index (χ3n) is 4.90. The zero-order valence-corrected chi connectivity index (χ0v) is 17.8. The molecule has 1 saturated heterocycles. The molecule has 1 atom stereocenters. The number of hydrogen-bond acceptors (Lipinski definition) is 7. The van der Waals surface area contributed by atoms with Gasteiger partial charge in [0.2, 0.25) is 15.9 Å². The standard InChI is InChI=1S/C18H29N3O6S/c1-11(2)10-15(18(23)26-5)19-17(22)14-6-8-21(9-7-14)28(24,25)16-12(3)20-27-13(16)4/h11,14-15H,6-10H2,1-5H3,(H,19,22). The smallest absolute Gasteiger partial charge is 0.328 e. The molecule has 1 aliphatic rings. The van der Waals surface area contributed by atoms with Crippen LogP contribution in [0, 0.1) is 25.7 Å². The third kappa shape index (κ3) is 4.91. The van der Waals surface area contributed by atoms with Crippen LogP contribution in [0.15, 0.2) is 9.42 Å².